The Morgan fingerprint density at radius 2 is 2.17 bits per heavy atom. The largest absolute Gasteiger partial charge is 0.370 e. The number of nitrogens with zero attached hydrogens (tertiary/aromatic N) is 1. The second-order valence-electron chi connectivity index (χ2n) is 5.28. The Morgan fingerprint density at radius 3 is 2.96 bits per heavy atom. The zero-order valence-corrected chi connectivity index (χ0v) is 17.0. The molecule has 0 fully saturated rings. The number of aromatic amines is 1. The summed E-state index contributed by atoms with van der Waals surface area (Å²) in [6.07, 6.45) is 3.81. The van der Waals surface area contributed by atoms with Gasteiger partial charge in [-0.15, -0.1) is 35.3 Å². The monoisotopic (exact) mass is 474 g/mol. The van der Waals surface area contributed by atoms with Crippen LogP contribution in [0.1, 0.15) is 10.4 Å². The van der Waals surface area contributed by atoms with Gasteiger partial charge < -0.3 is 16.0 Å². The van der Waals surface area contributed by atoms with E-state index in [-0.39, 0.29) is 24.0 Å². The molecule has 0 saturated carbocycles. The minimum Gasteiger partial charge on any atom is -0.370 e. The van der Waals surface area contributed by atoms with Crippen LogP contribution in [0.4, 0.5) is 0 Å². The number of aromatic nitrogens is 1. The van der Waals surface area contributed by atoms with Crippen molar-refractivity contribution in [1.82, 2.24) is 10.3 Å². The van der Waals surface area contributed by atoms with Gasteiger partial charge in [0.15, 0.2) is 5.96 Å². The van der Waals surface area contributed by atoms with Crippen LogP contribution in [0.2, 0.25) is 5.02 Å². The highest BCUT2D eigenvalue weighted by molar-refractivity contribution is 14.0. The van der Waals surface area contributed by atoms with Crippen molar-refractivity contribution in [1.29, 1.82) is 0 Å². The summed E-state index contributed by atoms with van der Waals surface area (Å²) in [6.45, 7) is 1.45. The van der Waals surface area contributed by atoms with E-state index >= 15 is 0 Å². The van der Waals surface area contributed by atoms with Crippen molar-refractivity contribution in [2.75, 3.05) is 13.1 Å². The van der Waals surface area contributed by atoms with Gasteiger partial charge in [0.05, 0.1) is 0 Å². The van der Waals surface area contributed by atoms with Crippen LogP contribution in [0.3, 0.4) is 0 Å². The minimum absolute atomic E-state index is 0. The topological polar surface area (TPSA) is 66.2 Å². The molecule has 4 nitrogen and oxygen atoms in total. The molecule has 0 amide bonds. The number of thiophene rings is 1. The summed E-state index contributed by atoms with van der Waals surface area (Å²) in [5.74, 6) is 0.499. The van der Waals surface area contributed by atoms with E-state index in [1.807, 2.05) is 24.4 Å². The van der Waals surface area contributed by atoms with Gasteiger partial charge >= 0.3 is 0 Å². The van der Waals surface area contributed by atoms with Gasteiger partial charge in [0, 0.05) is 46.5 Å². The fourth-order valence-corrected chi connectivity index (χ4v) is 3.35. The molecular weight excluding hydrogens is 455 g/mol. The lowest BCUT2D eigenvalue weighted by Crippen LogP contribution is -2.33. The first-order chi connectivity index (χ1) is 11.2. The molecule has 0 aliphatic rings. The molecule has 0 radical (unpaired) electrons. The van der Waals surface area contributed by atoms with Crippen LogP contribution in [0, 0.1) is 0 Å². The SMILES string of the molecule is I.NC(=NCCc1cccs1)NCCc1c[nH]c2ccc(Cl)cc12. The molecule has 1 aromatic carbocycles. The number of fused-ring (bicyclic) bond motifs is 1. The minimum atomic E-state index is 0. The summed E-state index contributed by atoms with van der Waals surface area (Å²) in [5, 5.41) is 7.15. The smallest absolute Gasteiger partial charge is 0.188 e. The first-order valence-electron chi connectivity index (χ1n) is 7.54. The molecule has 128 valence electrons. The molecule has 0 aliphatic heterocycles. The van der Waals surface area contributed by atoms with Crippen molar-refractivity contribution in [3.63, 3.8) is 0 Å². The molecule has 2 heterocycles. The lowest BCUT2D eigenvalue weighted by Gasteiger charge is -2.05. The van der Waals surface area contributed by atoms with E-state index in [1.165, 1.54) is 10.4 Å². The summed E-state index contributed by atoms with van der Waals surface area (Å²) in [4.78, 5) is 8.94. The Morgan fingerprint density at radius 1 is 1.29 bits per heavy atom. The zero-order chi connectivity index (χ0) is 16.1. The third-order valence-electron chi connectivity index (χ3n) is 3.65. The highest BCUT2D eigenvalue weighted by atomic mass is 127. The maximum atomic E-state index is 6.06. The van der Waals surface area contributed by atoms with Gasteiger partial charge in [-0.2, -0.15) is 0 Å². The fourth-order valence-electron chi connectivity index (χ4n) is 2.48. The molecule has 0 spiro atoms. The number of H-pyrrole nitrogens is 1. The highest BCUT2D eigenvalue weighted by Crippen LogP contribution is 2.22. The highest BCUT2D eigenvalue weighted by Gasteiger charge is 2.04. The van der Waals surface area contributed by atoms with Gasteiger partial charge in [-0.1, -0.05) is 17.7 Å². The summed E-state index contributed by atoms with van der Waals surface area (Å²) >= 11 is 7.81. The number of hydrogen-bond donors (Lipinski definition) is 3. The summed E-state index contributed by atoms with van der Waals surface area (Å²) < 4.78 is 0. The van der Waals surface area contributed by atoms with E-state index in [0.717, 1.165) is 35.3 Å². The Labute approximate surface area is 167 Å². The van der Waals surface area contributed by atoms with Gasteiger partial charge in [0.2, 0.25) is 0 Å². The van der Waals surface area contributed by atoms with Gasteiger partial charge in [-0.25, -0.2) is 0 Å². The lowest BCUT2D eigenvalue weighted by molar-refractivity contribution is 0.848. The number of guanidine groups is 1. The predicted molar refractivity (Wildman–Crippen MR) is 115 cm³/mol. The van der Waals surface area contributed by atoms with Crippen LogP contribution in [0.5, 0.6) is 0 Å². The second-order valence-corrected chi connectivity index (χ2v) is 6.75. The average molecular weight is 475 g/mol. The van der Waals surface area contributed by atoms with Crippen LogP contribution in [-0.2, 0) is 12.8 Å². The van der Waals surface area contributed by atoms with Gasteiger partial charge in [-0.05, 0) is 41.6 Å². The van der Waals surface area contributed by atoms with Crippen molar-refractivity contribution >= 4 is 63.8 Å². The summed E-state index contributed by atoms with van der Waals surface area (Å²) in [5.41, 5.74) is 8.23. The van der Waals surface area contributed by atoms with E-state index in [1.54, 1.807) is 11.3 Å². The number of aliphatic imine (C=N–C) groups is 1. The number of nitrogens with one attached hydrogen (secondary N) is 2. The van der Waals surface area contributed by atoms with Gasteiger partial charge in [0.1, 0.15) is 0 Å². The summed E-state index contributed by atoms with van der Waals surface area (Å²) in [6, 6.07) is 10.0. The zero-order valence-electron chi connectivity index (χ0n) is 13.1. The number of hydrogen-bond acceptors (Lipinski definition) is 2. The van der Waals surface area contributed by atoms with E-state index in [9.17, 15) is 0 Å². The fraction of sp³-hybridized carbons (Fsp3) is 0.235. The molecule has 24 heavy (non-hydrogen) atoms. The van der Waals surface area contributed by atoms with E-state index < -0.39 is 0 Å². The molecule has 0 unspecified atom stereocenters. The van der Waals surface area contributed by atoms with Gasteiger partial charge in [0.25, 0.3) is 0 Å². The Bertz CT molecular complexity index is 798. The van der Waals surface area contributed by atoms with E-state index in [4.69, 9.17) is 17.3 Å². The quantitative estimate of drug-likeness (QED) is 0.285. The normalized spacial score (nSPS) is 11.5. The number of benzene rings is 1. The van der Waals surface area contributed by atoms with Crippen molar-refractivity contribution in [3.8, 4) is 0 Å². The van der Waals surface area contributed by atoms with Crippen LogP contribution in [-0.4, -0.2) is 24.0 Å². The molecule has 0 aliphatic carbocycles. The molecular formula is C17H20ClIN4S. The summed E-state index contributed by atoms with van der Waals surface area (Å²) in [7, 11) is 0. The Balaban J connectivity index is 0.00000208. The third-order valence-corrected chi connectivity index (χ3v) is 4.82. The average Bonchev–Trinajstić information content (AvgIpc) is 3.17. The van der Waals surface area contributed by atoms with Crippen LogP contribution < -0.4 is 11.1 Å². The van der Waals surface area contributed by atoms with Crippen molar-refractivity contribution in [3.05, 3.63) is 57.4 Å². The Hall–Kier alpha value is -1.25. The molecule has 2 aromatic heterocycles. The van der Waals surface area contributed by atoms with Crippen molar-refractivity contribution in [2.45, 2.75) is 12.8 Å². The molecule has 0 saturated heterocycles. The Kier molecular flexibility index (Phi) is 7.39. The standard InChI is InChI=1S/C17H19ClN4S.HI/c18-13-3-4-16-15(10-13)12(11-22-16)5-7-20-17(19)21-8-6-14-2-1-9-23-14;/h1-4,9-11,22H,5-8H2,(H3,19,20,21);1H. The second kappa shape index (κ2) is 9.29. The molecule has 4 N–H and O–H groups in total. The van der Waals surface area contributed by atoms with Gasteiger partial charge in [-0.3, -0.25) is 4.99 Å². The molecule has 0 bridgehead atoms. The maximum Gasteiger partial charge on any atom is 0.188 e. The molecule has 3 rings (SSSR count). The van der Waals surface area contributed by atoms with Crippen LogP contribution in [0.25, 0.3) is 10.9 Å². The van der Waals surface area contributed by atoms with Crippen molar-refractivity contribution in [2.24, 2.45) is 10.7 Å². The van der Waals surface area contributed by atoms with Crippen molar-refractivity contribution < 1.29 is 0 Å². The van der Waals surface area contributed by atoms with Crippen LogP contribution in [0.15, 0.2) is 46.9 Å². The first-order valence-corrected chi connectivity index (χ1v) is 8.80. The molecule has 7 heteroatoms. The molecule has 3 aromatic rings. The van der Waals surface area contributed by atoms with E-state index in [2.05, 4.69) is 32.8 Å². The first kappa shape index (κ1) is 19.1. The lowest BCUT2D eigenvalue weighted by atomic mass is 10.1. The third kappa shape index (κ3) is 5.12. The molecule has 0 atom stereocenters. The maximum absolute atomic E-state index is 6.06. The van der Waals surface area contributed by atoms with Crippen LogP contribution >= 0.6 is 46.9 Å². The number of rotatable bonds is 6. The number of halogens is 2. The number of nitrogens with two attached hydrogens (primary N) is 1. The van der Waals surface area contributed by atoms with E-state index in [0.29, 0.717) is 12.5 Å². The predicted octanol–water partition coefficient (Wildman–Crippen LogP) is 4.19.